The highest BCUT2D eigenvalue weighted by atomic mass is 79.9. The molecule has 4 aromatic rings. The third-order valence-corrected chi connectivity index (χ3v) is 8.20. The number of aromatic nitrogens is 4. The highest BCUT2D eigenvalue weighted by Crippen LogP contribution is 2.36. The van der Waals surface area contributed by atoms with Gasteiger partial charge in [0.1, 0.15) is 11.6 Å². The molecule has 0 atom stereocenters. The van der Waals surface area contributed by atoms with E-state index >= 15 is 0 Å². The van der Waals surface area contributed by atoms with Crippen LogP contribution in [-0.4, -0.2) is 50.8 Å². The first kappa shape index (κ1) is 32.6. The third-order valence-electron chi connectivity index (χ3n) is 8.20. The summed E-state index contributed by atoms with van der Waals surface area (Å²) in [6.45, 7) is 4.26. The van der Waals surface area contributed by atoms with E-state index in [-0.39, 0.29) is 39.4 Å². The first-order valence-corrected chi connectivity index (χ1v) is 14.3. The van der Waals surface area contributed by atoms with E-state index in [1.54, 1.807) is 0 Å². The number of benzene rings is 2. The Hall–Kier alpha value is -3.34. The molecule has 0 bridgehead atoms. The van der Waals surface area contributed by atoms with Gasteiger partial charge in [0.25, 0.3) is 0 Å². The van der Waals surface area contributed by atoms with E-state index in [0.717, 1.165) is 63.5 Å². The van der Waals surface area contributed by atoms with Crippen molar-refractivity contribution in [3.8, 4) is 0 Å². The maximum absolute atomic E-state index is 4.61. The monoisotopic (exact) mass is 704 g/mol. The molecule has 2 fully saturated rings. The molecule has 2 saturated heterocycles. The first-order chi connectivity index (χ1) is 19.9. The van der Waals surface area contributed by atoms with Crippen molar-refractivity contribution >= 4 is 69.7 Å². The Bertz CT molecular complexity index is 1540. The van der Waals surface area contributed by atoms with Crippen molar-refractivity contribution in [3.05, 3.63) is 118 Å². The largest absolute Gasteiger partial charge is 0.412 e. The van der Waals surface area contributed by atoms with Gasteiger partial charge in [-0.15, -0.1) is 34.0 Å². The van der Waals surface area contributed by atoms with E-state index in [4.69, 9.17) is 0 Å². The van der Waals surface area contributed by atoms with Crippen molar-refractivity contribution in [2.45, 2.75) is 25.7 Å². The molecular formula is C34H38Br2N6O. The Balaban J connectivity index is 0.000000184. The number of imidazole rings is 2. The van der Waals surface area contributed by atoms with Gasteiger partial charge in [0.05, 0.1) is 0 Å². The van der Waals surface area contributed by atoms with Gasteiger partial charge in [0.2, 0.25) is 0 Å². The Morgan fingerprint density at radius 1 is 0.558 bits per heavy atom. The van der Waals surface area contributed by atoms with Crippen molar-refractivity contribution in [1.29, 1.82) is 0 Å². The second-order valence-corrected chi connectivity index (χ2v) is 10.6. The van der Waals surface area contributed by atoms with Gasteiger partial charge >= 0.3 is 0 Å². The number of piperidine rings is 2. The van der Waals surface area contributed by atoms with Crippen molar-refractivity contribution in [1.82, 2.24) is 29.7 Å². The van der Waals surface area contributed by atoms with E-state index in [0.29, 0.717) is 0 Å². The molecule has 4 N–H and O–H groups in total. The van der Waals surface area contributed by atoms with Crippen LogP contribution in [-0.2, 0) is 0 Å². The van der Waals surface area contributed by atoms with Gasteiger partial charge in [0, 0.05) is 48.3 Å². The van der Waals surface area contributed by atoms with Crippen molar-refractivity contribution in [2.24, 2.45) is 0 Å². The molecule has 8 rings (SSSR count). The zero-order valence-corrected chi connectivity index (χ0v) is 27.4. The Labute approximate surface area is 274 Å². The van der Waals surface area contributed by atoms with Gasteiger partial charge < -0.3 is 25.2 Å². The van der Waals surface area contributed by atoms with Gasteiger partial charge in [0.15, 0.2) is 0 Å². The third kappa shape index (κ3) is 6.61. The minimum absolute atomic E-state index is 0. The Kier molecular flexibility index (Phi) is 11.3. The van der Waals surface area contributed by atoms with Gasteiger partial charge in [-0.1, -0.05) is 59.7 Å². The number of nitrogens with zero attached hydrogens (tertiary/aromatic N) is 4. The lowest BCUT2D eigenvalue weighted by Gasteiger charge is -2.20. The Morgan fingerprint density at radius 2 is 0.953 bits per heavy atom. The minimum Gasteiger partial charge on any atom is -0.412 e. The summed E-state index contributed by atoms with van der Waals surface area (Å²) in [6.07, 6.45) is 20.8. The number of nitrogens with one attached hydrogen (secondary N) is 2. The van der Waals surface area contributed by atoms with Crippen LogP contribution >= 0.6 is 34.0 Å². The lowest BCUT2D eigenvalue weighted by atomic mass is 9.91. The molecule has 2 aromatic heterocycles. The van der Waals surface area contributed by atoms with Gasteiger partial charge in [-0.05, 0) is 86.3 Å². The van der Waals surface area contributed by atoms with E-state index in [1.807, 2.05) is 24.8 Å². The summed E-state index contributed by atoms with van der Waals surface area (Å²) in [5, 5.41) is 6.87. The normalized spacial score (nSPS) is 16.4. The number of halogens is 2. The molecule has 9 heteroatoms. The molecule has 0 radical (unpaired) electrons. The molecule has 43 heavy (non-hydrogen) atoms. The number of hydrogen-bond donors (Lipinski definition) is 2. The van der Waals surface area contributed by atoms with Crippen LogP contribution in [0.1, 0.15) is 59.6 Å². The minimum atomic E-state index is 0. The van der Waals surface area contributed by atoms with Gasteiger partial charge in [-0.25, -0.2) is 9.97 Å². The molecule has 6 heterocycles. The summed E-state index contributed by atoms with van der Waals surface area (Å²) in [7, 11) is 0. The van der Waals surface area contributed by atoms with E-state index < -0.39 is 0 Å². The fourth-order valence-electron chi connectivity index (χ4n) is 6.21. The second kappa shape index (κ2) is 14.9. The molecule has 0 saturated carbocycles. The van der Waals surface area contributed by atoms with Crippen LogP contribution in [0.2, 0.25) is 0 Å². The van der Waals surface area contributed by atoms with E-state index in [2.05, 4.69) is 103 Å². The molecule has 0 unspecified atom stereocenters. The second-order valence-electron chi connectivity index (χ2n) is 10.6. The highest BCUT2D eigenvalue weighted by molar-refractivity contribution is 8.93. The SMILES string of the molecule is Br.Br.C1=Cn2ccnc2C(=C2CCNCC2)c2ccccc21.C1=Cn2ccnc2C(=C2CCNCC2)c2ccccc21.O. The number of rotatable bonds is 0. The van der Waals surface area contributed by atoms with E-state index in [9.17, 15) is 0 Å². The summed E-state index contributed by atoms with van der Waals surface area (Å²) in [5.74, 6) is 2.14. The lowest BCUT2D eigenvalue weighted by Crippen LogP contribution is -2.24. The van der Waals surface area contributed by atoms with Crippen molar-refractivity contribution in [3.63, 3.8) is 0 Å². The Morgan fingerprint density at radius 3 is 1.37 bits per heavy atom. The number of fused-ring (bicyclic) bond motifs is 4. The fourth-order valence-corrected chi connectivity index (χ4v) is 6.21. The molecule has 7 nitrogen and oxygen atoms in total. The summed E-state index contributed by atoms with van der Waals surface area (Å²) in [5.41, 5.74) is 10.9. The highest BCUT2D eigenvalue weighted by Gasteiger charge is 2.22. The quantitative estimate of drug-likeness (QED) is 0.193. The molecule has 0 amide bonds. The fraction of sp³-hybridized carbons (Fsp3) is 0.235. The standard InChI is InChI=1S/2C17H17N3.2BrH.H2O/c2*1-2-4-15-13(3-1)7-11-20-12-10-19-17(20)16(15)14-5-8-18-9-6-14;;;/h2*1-4,7,10-12,18H,5-6,8-9H2;2*1H;1H2. The summed E-state index contributed by atoms with van der Waals surface area (Å²) in [4.78, 5) is 9.21. The van der Waals surface area contributed by atoms with E-state index in [1.165, 1.54) is 44.5 Å². The molecule has 224 valence electrons. The summed E-state index contributed by atoms with van der Waals surface area (Å²) in [6, 6.07) is 17.2. The molecule has 4 aliphatic heterocycles. The predicted molar refractivity (Wildman–Crippen MR) is 188 cm³/mol. The van der Waals surface area contributed by atoms with Gasteiger partial charge in [-0.2, -0.15) is 0 Å². The molecular weight excluding hydrogens is 668 g/mol. The maximum Gasteiger partial charge on any atom is 0.144 e. The summed E-state index contributed by atoms with van der Waals surface area (Å²) >= 11 is 0. The van der Waals surface area contributed by atoms with Crippen molar-refractivity contribution < 1.29 is 5.48 Å². The zero-order chi connectivity index (χ0) is 26.7. The van der Waals surface area contributed by atoms with Crippen LogP contribution in [0.4, 0.5) is 0 Å². The topological polar surface area (TPSA) is 91.2 Å². The lowest BCUT2D eigenvalue weighted by molar-refractivity contribution is 0.611. The predicted octanol–water partition coefficient (Wildman–Crippen LogP) is 6.35. The molecule has 2 aromatic carbocycles. The van der Waals surface area contributed by atoms with Crippen LogP contribution in [0.5, 0.6) is 0 Å². The van der Waals surface area contributed by atoms with Crippen LogP contribution in [0.3, 0.4) is 0 Å². The average molecular weight is 707 g/mol. The molecule has 4 aliphatic rings. The zero-order valence-electron chi connectivity index (χ0n) is 24.0. The average Bonchev–Trinajstić information content (AvgIpc) is 3.61. The van der Waals surface area contributed by atoms with Crippen molar-refractivity contribution in [2.75, 3.05) is 26.2 Å². The summed E-state index contributed by atoms with van der Waals surface area (Å²) < 4.78 is 4.26. The van der Waals surface area contributed by atoms with Gasteiger partial charge in [-0.3, -0.25) is 0 Å². The molecule has 0 aliphatic carbocycles. The van der Waals surface area contributed by atoms with Crippen LogP contribution in [0.25, 0.3) is 35.7 Å². The number of hydrogen-bond acceptors (Lipinski definition) is 4. The van der Waals surface area contributed by atoms with Crippen LogP contribution in [0.15, 0.2) is 84.5 Å². The maximum atomic E-state index is 4.61. The first-order valence-electron chi connectivity index (χ1n) is 14.3. The van der Waals surface area contributed by atoms with Crippen LogP contribution in [0, 0.1) is 0 Å². The molecule has 0 spiro atoms. The smallest absolute Gasteiger partial charge is 0.144 e. The van der Waals surface area contributed by atoms with Crippen LogP contribution < -0.4 is 10.6 Å².